The molecular weight excluding hydrogens is 292 g/mol. The Labute approximate surface area is 128 Å². The van der Waals surface area contributed by atoms with E-state index in [4.69, 9.17) is 11.6 Å². The van der Waals surface area contributed by atoms with Crippen LogP contribution in [0.2, 0.25) is 5.02 Å². The number of nitrogens with one attached hydrogen (secondary N) is 1. The monoisotopic (exact) mass is 309 g/mol. The molecule has 0 radical (unpaired) electrons. The van der Waals surface area contributed by atoms with E-state index in [9.17, 15) is 8.78 Å². The Balaban J connectivity index is 2.09. The molecule has 0 aliphatic rings. The van der Waals surface area contributed by atoms with Crippen LogP contribution in [0.15, 0.2) is 42.5 Å². The maximum absolute atomic E-state index is 13.3. The number of halogens is 3. The number of hydrogen-bond acceptors (Lipinski definition) is 1. The van der Waals surface area contributed by atoms with Crippen LogP contribution in [-0.4, -0.2) is 12.6 Å². The smallest absolute Gasteiger partial charge is 0.159 e. The van der Waals surface area contributed by atoms with Crippen molar-refractivity contribution in [2.45, 2.75) is 25.8 Å². The van der Waals surface area contributed by atoms with Crippen molar-refractivity contribution in [3.8, 4) is 0 Å². The second kappa shape index (κ2) is 7.53. The van der Waals surface area contributed by atoms with Gasteiger partial charge in [0.25, 0.3) is 0 Å². The molecular formula is C17H18ClF2N. The molecule has 4 heteroatoms. The first-order valence-corrected chi connectivity index (χ1v) is 7.38. The normalized spacial score (nSPS) is 12.4. The number of hydrogen-bond donors (Lipinski definition) is 1. The third-order valence-electron chi connectivity index (χ3n) is 3.33. The van der Waals surface area contributed by atoms with Crippen LogP contribution < -0.4 is 5.32 Å². The summed E-state index contributed by atoms with van der Waals surface area (Å²) >= 11 is 5.99. The van der Waals surface area contributed by atoms with Crippen LogP contribution in [0.3, 0.4) is 0 Å². The van der Waals surface area contributed by atoms with Crippen molar-refractivity contribution in [2.75, 3.05) is 6.54 Å². The van der Waals surface area contributed by atoms with E-state index in [2.05, 4.69) is 5.32 Å². The summed E-state index contributed by atoms with van der Waals surface area (Å²) < 4.78 is 26.3. The SMILES string of the molecule is CCNC(Cc1cccc(Cl)c1)Cc1ccc(F)c(F)c1. The average Bonchev–Trinajstić information content (AvgIpc) is 2.43. The Morgan fingerprint density at radius 1 is 1.00 bits per heavy atom. The summed E-state index contributed by atoms with van der Waals surface area (Å²) in [5, 5.41) is 4.08. The van der Waals surface area contributed by atoms with Crippen LogP contribution >= 0.6 is 11.6 Å². The first-order valence-electron chi connectivity index (χ1n) is 7.00. The summed E-state index contributed by atoms with van der Waals surface area (Å²) in [5.74, 6) is -1.61. The molecule has 1 unspecified atom stereocenters. The molecule has 0 spiro atoms. The van der Waals surface area contributed by atoms with E-state index in [0.717, 1.165) is 24.1 Å². The minimum atomic E-state index is -0.811. The van der Waals surface area contributed by atoms with Gasteiger partial charge < -0.3 is 5.32 Å². The first kappa shape index (κ1) is 15.9. The highest BCUT2D eigenvalue weighted by molar-refractivity contribution is 6.30. The summed E-state index contributed by atoms with van der Waals surface area (Å²) in [7, 11) is 0. The van der Waals surface area contributed by atoms with Crippen molar-refractivity contribution in [1.82, 2.24) is 5.32 Å². The van der Waals surface area contributed by atoms with E-state index in [1.807, 2.05) is 31.2 Å². The second-order valence-electron chi connectivity index (χ2n) is 5.04. The van der Waals surface area contributed by atoms with E-state index < -0.39 is 11.6 Å². The van der Waals surface area contributed by atoms with Gasteiger partial charge in [0.2, 0.25) is 0 Å². The van der Waals surface area contributed by atoms with Crippen LogP contribution in [0.25, 0.3) is 0 Å². The van der Waals surface area contributed by atoms with E-state index in [0.29, 0.717) is 11.4 Å². The van der Waals surface area contributed by atoms with Crippen molar-refractivity contribution in [3.63, 3.8) is 0 Å². The van der Waals surface area contributed by atoms with Crippen LogP contribution in [0, 0.1) is 11.6 Å². The average molecular weight is 310 g/mol. The first-order chi connectivity index (χ1) is 10.1. The molecule has 0 saturated heterocycles. The van der Waals surface area contributed by atoms with Gasteiger partial charge >= 0.3 is 0 Å². The summed E-state index contributed by atoms with van der Waals surface area (Å²) in [6.45, 7) is 2.84. The zero-order valence-corrected chi connectivity index (χ0v) is 12.6. The second-order valence-corrected chi connectivity index (χ2v) is 5.48. The highest BCUT2D eigenvalue weighted by atomic mass is 35.5. The summed E-state index contributed by atoms with van der Waals surface area (Å²) in [6, 6.07) is 11.9. The minimum Gasteiger partial charge on any atom is -0.314 e. The van der Waals surface area contributed by atoms with Gasteiger partial charge in [-0.05, 0) is 54.8 Å². The largest absolute Gasteiger partial charge is 0.314 e. The van der Waals surface area contributed by atoms with Gasteiger partial charge in [-0.1, -0.05) is 36.7 Å². The van der Waals surface area contributed by atoms with Crippen LogP contribution in [0.1, 0.15) is 18.1 Å². The molecule has 2 rings (SSSR count). The van der Waals surface area contributed by atoms with Gasteiger partial charge in [-0.2, -0.15) is 0 Å². The summed E-state index contributed by atoms with van der Waals surface area (Å²) in [5.41, 5.74) is 1.90. The molecule has 21 heavy (non-hydrogen) atoms. The van der Waals surface area contributed by atoms with Gasteiger partial charge in [0.05, 0.1) is 0 Å². The number of rotatable bonds is 6. The highest BCUT2D eigenvalue weighted by Crippen LogP contribution is 2.15. The molecule has 112 valence electrons. The molecule has 0 heterocycles. The zero-order valence-electron chi connectivity index (χ0n) is 11.9. The van der Waals surface area contributed by atoms with E-state index in [-0.39, 0.29) is 6.04 Å². The van der Waals surface area contributed by atoms with Crippen LogP contribution in [0.4, 0.5) is 8.78 Å². The van der Waals surface area contributed by atoms with Crippen molar-refractivity contribution >= 4 is 11.6 Å². The predicted molar refractivity (Wildman–Crippen MR) is 82.7 cm³/mol. The Morgan fingerprint density at radius 3 is 2.33 bits per heavy atom. The van der Waals surface area contributed by atoms with E-state index in [1.165, 1.54) is 12.1 Å². The summed E-state index contributed by atoms with van der Waals surface area (Å²) in [4.78, 5) is 0. The van der Waals surface area contributed by atoms with Crippen molar-refractivity contribution in [1.29, 1.82) is 0 Å². The van der Waals surface area contributed by atoms with E-state index >= 15 is 0 Å². The third kappa shape index (κ3) is 4.80. The van der Waals surface area contributed by atoms with E-state index in [1.54, 1.807) is 6.07 Å². The molecule has 1 atom stereocenters. The molecule has 1 N–H and O–H groups in total. The van der Waals surface area contributed by atoms with Gasteiger partial charge in [-0.25, -0.2) is 8.78 Å². The lowest BCUT2D eigenvalue weighted by atomic mass is 9.99. The fraction of sp³-hybridized carbons (Fsp3) is 0.294. The standard InChI is InChI=1S/C17H18ClF2N/c1-2-21-15(9-12-4-3-5-14(18)8-12)10-13-6-7-16(19)17(20)11-13/h3-8,11,15,21H,2,9-10H2,1H3. The Kier molecular flexibility index (Phi) is 5.71. The Hall–Kier alpha value is -1.45. The lowest BCUT2D eigenvalue weighted by Gasteiger charge is -2.18. The van der Waals surface area contributed by atoms with Gasteiger partial charge in [0.15, 0.2) is 11.6 Å². The fourth-order valence-electron chi connectivity index (χ4n) is 2.40. The van der Waals surface area contributed by atoms with Crippen LogP contribution in [-0.2, 0) is 12.8 Å². The molecule has 0 amide bonds. The quantitative estimate of drug-likeness (QED) is 0.835. The summed E-state index contributed by atoms with van der Waals surface area (Å²) in [6.07, 6.45) is 1.42. The molecule has 0 aliphatic carbocycles. The van der Waals surface area contributed by atoms with Gasteiger partial charge in [0, 0.05) is 11.1 Å². The molecule has 0 aliphatic heterocycles. The van der Waals surface area contributed by atoms with Crippen molar-refractivity contribution in [3.05, 3.63) is 70.2 Å². The molecule has 1 nitrogen and oxygen atoms in total. The predicted octanol–water partition coefficient (Wildman–Crippen LogP) is 4.38. The van der Waals surface area contributed by atoms with Crippen molar-refractivity contribution < 1.29 is 8.78 Å². The van der Waals surface area contributed by atoms with Gasteiger partial charge in [-0.15, -0.1) is 0 Å². The Bertz CT molecular complexity index is 601. The van der Waals surface area contributed by atoms with Gasteiger partial charge in [0.1, 0.15) is 0 Å². The lowest BCUT2D eigenvalue weighted by Crippen LogP contribution is -2.33. The Morgan fingerprint density at radius 2 is 1.71 bits per heavy atom. The topological polar surface area (TPSA) is 12.0 Å². The molecule has 2 aromatic rings. The maximum Gasteiger partial charge on any atom is 0.159 e. The molecule has 0 saturated carbocycles. The maximum atomic E-state index is 13.3. The van der Waals surface area contributed by atoms with Crippen LogP contribution in [0.5, 0.6) is 0 Å². The van der Waals surface area contributed by atoms with Gasteiger partial charge in [-0.3, -0.25) is 0 Å². The molecule has 0 fully saturated rings. The molecule has 0 aromatic heterocycles. The molecule has 2 aromatic carbocycles. The zero-order chi connectivity index (χ0) is 15.2. The molecule has 0 bridgehead atoms. The minimum absolute atomic E-state index is 0.151. The number of benzene rings is 2. The fourth-order valence-corrected chi connectivity index (χ4v) is 2.62. The third-order valence-corrected chi connectivity index (χ3v) is 3.57. The number of likely N-dealkylation sites (N-methyl/N-ethyl adjacent to an activating group) is 1. The highest BCUT2D eigenvalue weighted by Gasteiger charge is 2.11. The van der Waals surface area contributed by atoms with Crippen molar-refractivity contribution in [2.24, 2.45) is 0 Å². The lowest BCUT2D eigenvalue weighted by molar-refractivity contribution is 0.498.